The van der Waals surface area contributed by atoms with Gasteiger partial charge in [0, 0.05) is 17.6 Å². The Labute approximate surface area is 111 Å². The Balaban J connectivity index is 2.33. The molecule has 3 N–H and O–H groups in total. The number of hydrogen-bond acceptors (Lipinski definition) is 5. The molecule has 0 atom stereocenters. The summed E-state index contributed by atoms with van der Waals surface area (Å²) >= 11 is 3.24. The van der Waals surface area contributed by atoms with E-state index in [1.807, 2.05) is 0 Å². The van der Waals surface area contributed by atoms with E-state index < -0.39 is 5.82 Å². The van der Waals surface area contributed by atoms with Gasteiger partial charge in [-0.05, 0) is 18.2 Å². The second-order valence-corrected chi connectivity index (χ2v) is 4.29. The van der Waals surface area contributed by atoms with Crippen LogP contribution in [0.5, 0.6) is 11.6 Å². The minimum absolute atomic E-state index is 0.0484. The Morgan fingerprint density at radius 1 is 1.33 bits per heavy atom. The molecular weight excluding hydrogens is 303 g/mol. The van der Waals surface area contributed by atoms with Gasteiger partial charge in [0.25, 0.3) is 0 Å². The molecule has 18 heavy (non-hydrogen) atoms. The molecule has 0 aliphatic rings. The lowest BCUT2D eigenvalue weighted by Gasteiger charge is -2.08. The second-order valence-electron chi connectivity index (χ2n) is 3.38. The Morgan fingerprint density at radius 2 is 2.11 bits per heavy atom. The standard InChI is InChI=1S/C11H10BrFN4O/c1-15-9-5-10(17-11(14)16-9)18-8-4-6(12)2-3-7(8)13/h2-5H,1H3,(H3,14,15,16,17). The van der Waals surface area contributed by atoms with Crippen molar-refractivity contribution in [2.45, 2.75) is 0 Å². The quantitative estimate of drug-likeness (QED) is 0.911. The maximum Gasteiger partial charge on any atom is 0.226 e. The van der Waals surface area contributed by atoms with Gasteiger partial charge in [-0.2, -0.15) is 9.97 Å². The van der Waals surface area contributed by atoms with Crippen LogP contribution in [-0.2, 0) is 0 Å². The molecule has 0 amide bonds. The third-order valence-electron chi connectivity index (χ3n) is 2.08. The molecule has 7 heteroatoms. The van der Waals surface area contributed by atoms with Gasteiger partial charge in [0.1, 0.15) is 5.82 Å². The lowest BCUT2D eigenvalue weighted by molar-refractivity contribution is 0.427. The van der Waals surface area contributed by atoms with Crippen molar-refractivity contribution in [3.05, 3.63) is 34.6 Å². The Morgan fingerprint density at radius 3 is 2.83 bits per heavy atom. The normalized spacial score (nSPS) is 10.2. The monoisotopic (exact) mass is 312 g/mol. The maximum atomic E-state index is 13.5. The predicted molar refractivity (Wildman–Crippen MR) is 70.2 cm³/mol. The number of nitrogen functional groups attached to an aromatic ring is 1. The van der Waals surface area contributed by atoms with Crippen LogP contribution in [0, 0.1) is 5.82 Å². The highest BCUT2D eigenvalue weighted by molar-refractivity contribution is 9.10. The predicted octanol–water partition coefficient (Wildman–Crippen LogP) is 2.79. The molecule has 1 aromatic carbocycles. The van der Waals surface area contributed by atoms with E-state index >= 15 is 0 Å². The Bertz CT molecular complexity index is 579. The number of nitrogens with one attached hydrogen (secondary N) is 1. The van der Waals surface area contributed by atoms with Crippen molar-refractivity contribution in [3.8, 4) is 11.6 Å². The highest BCUT2D eigenvalue weighted by Gasteiger charge is 2.08. The smallest absolute Gasteiger partial charge is 0.226 e. The van der Waals surface area contributed by atoms with Crippen LogP contribution in [0.1, 0.15) is 0 Å². The molecule has 2 rings (SSSR count). The lowest BCUT2D eigenvalue weighted by atomic mass is 10.3. The number of anilines is 2. The SMILES string of the molecule is CNc1cc(Oc2cc(Br)ccc2F)nc(N)n1. The van der Waals surface area contributed by atoms with E-state index in [4.69, 9.17) is 10.5 Å². The molecule has 5 nitrogen and oxygen atoms in total. The first-order chi connectivity index (χ1) is 8.58. The molecule has 0 saturated heterocycles. The average molecular weight is 313 g/mol. The number of aromatic nitrogens is 2. The van der Waals surface area contributed by atoms with Crippen LogP contribution in [0.2, 0.25) is 0 Å². The zero-order valence-electron chi connectivity index (χ0n) is 9.45. The molecule has 2 aromatic rings. The minimum atomic E-state index is -0.485. The van der Waals surface area contributed by atoms with Crippen LogP contribution >= 0.6 is 15.9 Å². The third kappa shape index (κ3) is 2.86. The summed E-state index contributed by atoms with van der Waals surface area (Å²) < 4.78 is 19.5. The largest absolute Gasteiger partial charge is 0.436 e. The summed E-state index contributed by atoms with van der Waals surface area (Å²) in [4.78, 5) is 7.78. The van der Waals surface area contributed by atoms with E-state index in [-0.39, 0.29) is 17.6 Å². The summed E-state index contributed by atoms with van der Waals surface area (Å²) in [5.74, 6) is 0.287. The van der Waals surface area contributed by atoms with Gasteiger partial charge in [-0.3, -0.25) is 0 Å². The van der Waals surface area contributed by atoms with Crippen molar-refractivity contribution in [1.82, 2.24) is 9.97 Å². The highest BCUT2D eigenvalue weighted by Crippen LogP contribution is 2.27. The van der Waals surface area contributed by atoms with Gasteiger partial charge < -0.3 is 15.8 Å². The number of halogens is 2. The third-order valence-corrected chi connectivity index (χ3v) is 2.58. The van der Waals surface area contributed by atoms with E-state index in [9.17, 15) is 4.39 Å². The fraction of sp³-hybridized carbons (Fsp3) is 0.0909. The first kappa shape index (κ1) is 12.6. The van der Waals surface area contributed by atoms with E-state index in [2.05, 4.69) is 31.2 Å². The molecule has 0 radical (unpaired) electrons. The summed E-state index contributed by atoms with van der Waals surface area (Å²) in [6, 6.07) is 5.90. The summed E-state index contributed by atoms with van der Waals surface area (Å²) in [7, 11) is 1.69. The molecule has 0 fully saturated rings. The number of benzene rings is 1. The molecule has 94 valence electrons. The minimum Gasteiger partial charge on any atom is -0.436 e. The molecule has 0 spiro atoms. The number of nitrogens with zero attached hydrogens (tertiary/aromatic N) is 2. The fourth-order valence-electron chi connectivity index (χ4n) is 1.29. The summed E-state index contributed by atoms with van der Waals surface area (Å²) in [5.41, 5.74) is 5.51. The number of nitrogens with two attached hydrogens (primary N) is 1. The molecule has 0 unspecified atom stereocenters. The molecule has 0 aliphatic carbocycles. The van der Waals surface area contributed by atoms with Crippen LogP contribution in [0.25, 0.3) is 0 Å². The van der Waals surface area contributed by atoms with Gasteiger partial charge in [0.15, 0.2) is 11.6 Å². The summed E-state index contributed by atoms with van der Waals surface area (Å²) in [6.07, 6.45) is 0. The summed E-state index contributed by atoms with van der Waals surface area (Å²) in [5, 5.41) is 2.81. The summed E-state index contributed by atoms with van der Waals surface area (Å²) in [6.45, 7) is 0. The van der Waals surface area contributed by atoms with Gasteiger partial charge in [0.05, 0.1) is 0 Å². The van der Waals surface area contributed by atoms with Crippen molar-refractivity contribution in [2.75, 3.05) is 18.1 Å². The maximum absolute atomic E-state index is 13.5. The van der Waals surface area contributed by atoms with Crippen molar-refractivity contribution >= 4 is 27.7 Å². The molecule has 0 bridgehead atoms. The average Bonchev–Trinajstić information content (AvgIpc) is 2.33. The molecule has 0 aliphatic heterocycles. The zero-order valence-corrected chi connectivity index (χ0v) is 11.0. The van der Waals surface area contributed by atoms with Crippen molar-refractivity contribution in [1.29, 1.82) is 0 Å². The fourth-order valence-corrected chi connectivity index (χ4v) is 1.63. The van der Waals surface area contributed by atoms with Crippen molar-refractivity contribution in [3.63, 3.8) is 0 Å². The van der Waals surface area contributed by atoms with E-state index in [1.54, 1.807) is 13.1 Å². The van der Waals surface area contributed by atoms with Crippen molar-refractivity contribution in [2.24, 2.45) is 0 Å². The van der Waals surface area contributed by atoms with Gasteiger partial charge in [-0.15, -0.1) is 0 Å². The van der Waals surface area contributed by atoms with Gasteiger partial charge >= 0.3 is 0 Å². The molecule has 1 aromatic heterocycles. The molecule has 1 heterocycles. The van der Waals surface area contributed by atoms with Crippen LogP contribution in [0.3, 0.4) is 0 Å². The number of ether oxygens (including phenoxy) is 1. The van der Waals surface area contributed by atoms with Crippen LogP contribution in [0.4, 0.5) is 16.2 Å². The lowest BCUT2D eigenvalue weighted by Crippen LogP contribution is -2.01. The Kier molecular flexibility index (Phi) is 3.61. The van der Waals surface area contributed by atoms with Crippen LogP contribution in [0.15, 0.2) is 28.7 Å². The van der Waals surface area contributed by atoms with Crippen molar-refractivity contribution < 1.29 is 9.13 Å². The van der Waals surface area contributed by atoms with Gasteiger partial charge in [-0.25, -0.2) is 4.39 Å². The van der Waals surface area contributed by atoms with Crippen LogP contribution < -0.4 is 15.8 Å². The molecular formula is C11H10BrFN4O. The number of hydrogen-bond donors (Lipinski definition) is 2. The highest BCUT2D eigenvalue weighted by atomic mass is 79.9. The number of rotatable bonds is 3. The van der Waals surface area contributed by atoms with Gasteiger partial charge in [-0.1, -0.05) is 15.9 Å². The van der Waals surface area contributed by atoms with Gasteiger partial charge in [0.2, 0.25) is 11.8 Å². The zero-order chi connectivity index (χ0) is 13.1. The topological polar surface area (TPSA) is 73.1 Å². The van der Waals surface area contributed by atoms with E-state index in [1.165, 1.54) is 18.2 Å². The molecule has 0 saturated carbocycles. The van der Waals surface area contributed by atoms with E-state index in [0.717, 1.165) is 0 Å². The Hall–Kier alpha value is -1.89. The van der Waals surface area contributed by atoms with E-state index in [0.29, 0.717) is 10.3 Å². The first-order valence-corrected chi connectivity index (χ1v) is 5.83. The first-order valence-electron chi connectivity index (χ1n) is 5.03. The second kappa shape index (κ2) is 5.18. The van der Waals surface area contributed by atoms with Crippen LogP contribution in [-0.4, -0.2) is 17.0 Å².